The summed E-state index contributed by atoms with van der Waals surface area (Å²) in [6.45, 7) is 0. The van der Waals surface area contributed by atoms with Gasteiger partial charge in [0.25, 0.3) is 5.69 Å². The summed E-state index contributed by atoms with van der Waals surface area (Å²) >= 11 is 0. The van der Waals surface area contributed by atoms with E-state index < -0.39 is 10.7 Å². The van der Waals surface area contributed by atoms with Gasteiger partial charge in [-0.3, -0.25) is 10.1 Å². The van der Waals surface area contributed by atoms with E-state index in [0.29, 0.717) is 0 Å². The van der Waals surface area contributed by atoms with Crippen LogP contribution in [0.15, 0.2) is 28.9 Å². The van der Waals surface area contributed by atoms with Crippen LogP contribution < -0.4 is 5.73 Å². The van der Waals surface area contributed by atoms with Crippen molar-refractivity contribution in [1.29, 1.82) is 0 Å². The normalized spacial score (nSPS) is 10.3. The van der Waals surface area contributed by atoms with Gasteiger partial charge in [-0.1, -0.05) is 5.16 Å². The van der Waals surface area contributed by atoms with Gasteiger partial charge in [0.2, 0.25) is 0 Å². The first-order chi connectivity index (χ1) is 7.59. The smallest absolute Gasteiger partial charge is 0.270 e. The lowest BCUT2D eigenvalue weighted by molar-refractivity contribution is -0.384. The van der Waals surface area contributed by atoms with Crippen LogP contribution in [0.3, 0.4) is 0 Å². The Morgan fingerprint density at radius 1 is 1.50 bits per heavy atom. The SMILES string of the molecule is Nc1cnoc1-c1cc([N+](=O)[O-])ccc1F. The number of halogens is 1. The molecule has 1 aromatic carbocycles. The lowest BCUT2D eigenvalue weighted by atomic mass is 10.1. The maximum absolute atomic E-state index is 13.4. The monoisotopic (exact) mass is 223 g/mol. The zero-order valence-corrected chi connectivity index (χ0v) is 7.88. The van der Waals surface area contributed by atoms with Crippen LogP contribution in [0.5, 0.6) is 0 Å². The van der Waals surface area contributed by atoms with Gasteiger partial charge in [0, 0.05) is 12.1 Å². The number of hydrogen-bond acceptors (Lipinski definition) is 5. The zero-order chi connectivity index (χ0) is 11.7. The van der Waals surface area contributed by atoms with Crippen LogP contribution in [-0.4, -0.2) is 10.1 Å². The highest BCUT2D eigenvalue weighted by atomic mass is 19.1. The van der Waals surface area contributed by atoms with E-state index in [1.165, 1.54) is 6.20 Å². The molecule has 0 saturated heterocycles. The summed E-state index contributed by atoms with van der Waals surface area (Å²) in [5.74, 6) is -0.671. The number of nitrogens with two attached hydrogens (primary N) is 1. The molecule has 1 aromatic heterocycles. The number of anilines is 1. The van der Waals surface area contributed by atoms with Crippen molar-refractivity contribution >= 4 is 11.4 Å². The van der Waals surface area contributed by atoms with Crippen LogP contribution in [0.2, 0.25) is 0 Å². The van der Waals surface area contributed by atoms with Crippen LogP contribution in [0, 0.1) is 15.9 Å². The predicted octanol–water partition coefficient (Wildman–Crippen LogP) is 1.97. The molecule has 0 amide bonds. The van der Waals surface area contributed by atoms with E-state index in [2.05, 4.69) is 5.16 Å². The number of benzene rings is 1. The minimum atomic E-state index is -0.658. The van der Waals surface area contributed by atoms with Crippen LogP contribution >= 0.6 is 0 Å². The molecule has 2 aromatic rings. The topological polar surface area (TPSA) is 95.2 Å². The first-order valence-electron chi connectivity index (χ1n) is 4.24. The van der Waals surface area contributed by atoms with Crippen LogP contribution in [0.1, 0.15) is 0 Å². The highest BCUT2D eigenvalue weighted by molar-refractivity contribution is 5.72. The Balaban J connectivity index is 2.60. The molecule has 1 heterocycles. The van der Waals surface area contributed by atoms with E-state index in [4.69, 9.17) is 10.3 Å². The number of hydrogen-bond donors (Lipinski definition) is 1. The Bertz CT molecular complexity index is 553. The van der Waals surface area contributed by atoms with E-state index in [1.807, 2.05) is 0 Å². The average Bonchev–Trinajstić information content (AvgIpc) is 2.65. The van der Waals surface area contributed by atoms with Crippen molar-refractivity contribution < 1.29 is 13.8 Å². The highest BCUT2D eigenvalue weighted by Gasteiger charge is 2.17. The van der Waals surface area contributed by atoms with Crippen molar-refractivity contribution in [3.8, 4) is 11.3 Å². The lowest BCUT2D eigenvalue weighted by Crippen LogP contribution is -1.92. The van der Waals surface area contributed by atoms with E-state index in [-0.39, 0.29) is 22.7 Å². The van der Waals surface area contributed by atoms with Gasteiger partial charge >= 0.3 is 0 Å². The molecule has 0 atom stereocenters. The van der Waals surface area contributed by atoms with Gasteiger partial charge < -0.3 is 10.3 Å². The fraction of sp³-hybridized carbons (Fsp3) is 0. The molecule has 0 fully saturated rings. The molecule has 0 aliphatic heterocycles. The fourth-order valence-electron chi connectivity index (χ4n) is 1.25. The number of nitro benzene ring substituents is 1. The summed E-state index contributed by atoms with van der Waals surface area (Å²) in [7, 11) is 0. The predicted molar refractivity (Wildman–Crippen MR) is 53.0 cm³/mol. The van der Waals surface area contributed by atoms with E-state index >= 15 is 0 Å². The Hall–Kier alpha value is -2.44. The Morgan fingerprint density at radius 2 is 2.25 bits per heavy atom. The Labute approximate surface area is 88.6 Å². The fourth-order valence-corrected chi connectivity index (χ4v) is 1.25. The lowest BCUT2D eigenvalue weighted by Gasteiger charge is -1.99. The summed E-state index contributed by atoms with van der Waals surface area (Å²) in [6.07, 6.45) is 1.20. The standard InChI is InChI=1S/C9H6FN3O3/c10-7-2-1-5(13(14)15)3-6(7)9-8(11)4-12-16-9/h1-4H,11H2. The Morgan fingerprint density at radius 3 is 2.81 bits per heavy atom. The maximum atomic E-state index is 13.4. The van der Waals surface area contributed by atoms with Crippen molar-refractivity contribution in [2.45, 2.75) is 0 Å². The van der Waals surface area contributed by atoms with E-state index in [9.17, 15) is 14.5 Å². The van der Waals surface area contributed by atoms with Crippen LogP contribution in [0.25, 0.3) is 11.3 Å². The first-order valence-corrected chi connectivity index (χ1v) is 4.24. The summed E-state index contributed by atoms with van der Waals surface area (Å²) in [4.78, 5) is 9.90. The molecule has 7 heteroatoms. The van der Waals surface area contributed by atoms with Crippen LogP contribution in [0.4, 0.5) is 15.8 Å². The summed E-state index contributed by atoms with van der Waals surface area (Å²) in [5.41, 5.74) is 5.28. The van der Waals surface area contributed by atoms with E-state index in [1.54, 1.807) is 0 Å². The van der Waals surface area contributed by atoms with Crippen molar-refractivity contribution in [3.05, 3.63) is 40.3 Å². The number of nitrogen functional groups attached to an aromatic ring is 1. The Kier molecular flexibility index (Phi) is 2.28. The quantitative estimate of drug-likeness (QED) is 0.620. The summed E-state index contributed by atoms with van der Waals surface area (Å²) in [6, 6.07) is 3.09. The van der Waals surface area contributed by atoms with Crippen molar-refractivity contribution in [2.24, 2.45) is 0 Å². The molecular weight excluding hydrogens is 217 g/mol. The van der Waals surface area contributed by atoms with Gasteiger partial charge in [-0.2, -0.15) is 0 Å². The highest BCUT2D eigenvalue weighted by Crippen LogP contribution is 2.30. The summed E-state index contributed by atoms with van der Waals surface area (Å²) in [5, 5.41) is 13.9. The molecular formula is C9H6FN3O3. The average molecular weight is 223 g/mol. The number of nitrogens with zero attached hydrogens (tertiary/aromatic N) is 2. The molecule has 0 bridgehead atoms. The van der Waals surface area contributed by atoms with Crippen molar-refractivity contribution in [3.63, 3.8) is 0 Å². The maximum Gasteiger partial charge on any atom is 0.270 e. The molecule has 0 aliphatic carbocycles. The first kappa shape index (κ1) is 10.1. The molecule has 2 rings (SSSR count). The molecule has 82 valence electrons. The third-order valence-corrected chi connectivity index (χ3v) is 2.00. The molecule has 6 nitrogen and oxygen atoms in total. The second-order valence-corrected chi connectivity index (χ2v) is 3.03. The van der Waals surface area contributed by atoms with Gasteiger partial charge in [0.05, 0.1) is 16.7 Å². The number of non-ortho nitro benzene ring substituents is 1. The minimum Gasteiger partial charge on any atom is -0.394 e. The van der Waals surface area contributed by atoms with Gasteiger partial charge in [-0.05, 0) is 6.07 Å². The third-order valence-electron chi connectivity index (χ3n) is 2.00. The molecule has 0 unspecified atom stereocenters. The van der Waals surface area contributed by atoms with Crippen molar-refractivity contribution in [2.75, 3.05) is 5.73 Å². The zero-order valence-electron chi connectivity index (χ0n) is 7.88. The van der Waals surface area contributed by atoms with Crippen molar-refractivity contribution in [1.82, 2.24) is 5.16 Å². The molecule has 16 heavy (non-hydrogen) atoms. The minimum absolute atomic E-state index is 0.0128. The molecule has 0 spiro atoms. The molecule has 0 saturated carbocycles. The second kappa shape index (κ2) is 3.61. The second-order valence-electron chi connectivity index (χ2n) is 3.03. The number of nitro groups is 1. The van der Waals surface area contributed by atoms with Gasteiger partial charge in [0.15, 0.2) is 5.76 Å². The van der Waals surface area contributed by atoms with Gasteiger partial charge in [-0.25, -0.2) is 4.39 Å². The largest absolute Gasteiger partial charge is 0.394 e. The molecule has 2 N–H and O–H groups in total. The van der Waals surface area contributed by atoms with Gasteiger partial charge in [-0.15, -0.1) is 0 Å². The third kappa shape index (κ3) is 1.58. The molecule has 0 aliphatic rings. The van der Waals surface area contributed by atoms with Crippen LogP contribution in [-0.2, 0) is 0 Å². The number of rotatable bonds is 2. The summed E-state index contributed by atoms with van der Waals surface area (Å²) < 4.78 is 18.1. The van der Waals surface area contributed by atoms with E-state index in [0.717, 1.165) is 18.2 Å². The molecule has 0 radical (unpaired) electrons. The van der Waals surface area contributed by atoms with Gasteiger partial charge in [0.1, 0.15) is 11.5 Å². The number of aromatic nitrogens is 1.